The van der Waals surface area contributed by atoms with E-state index in [4.69, 9.17) is 16.3 Å². The molecule has 3 aromatic rings. The summed E-state index contributed by atoms with van der Waals surface area (Å²) in [6.07, 6.45) is 2.43. The summed E-state index contributed by atoms with van der Waals surface area (Å²) < 4.78 is 19.9. The topological polar surface area (TPSA) is 86.8 Å². The maximum absolute atomic E-state index is 14.0. The number of halogens is 2. The van der Waals surface area contributed by atoms with E-state index in [2.05, 4.69) is 32.5 Å². The fourth-order valence-corrected chi connectivity index (χ4v) is 4.22. The van der Waals surface area contributed by atoms with Gasteiger partial charge in [-0.15, -0.1) is 0 Å². The highest BCUT2D eigenvalue weighted by Gasteiger charge is 2.20. The predicted octanol–water partition coefficient (Wildman–Crippen LogP) is 4.92. The number of pyridine rings is 1. The minimum absolute atomic E-state index is 0.0478. The predicted molar refractivity (Wildman–Crippen MR) is 143 cm³/mol. The van der Waals surface area contributed by atoms with Gasteiger partial charge in [-0.25, -0.2) is 9.37 Å². The molecular weight excluding hydrogens is 497 g/mol. The van der Waals surface area contributed by atoms with Crippen molar-refractivity contribution in [2.75, 3.05) is 55.4 Å². The molecule has 0 bridgehead atoms. The Balaban J connectivity index is 1.56. The number of likely N-dealkylation sites (N-methyl/N-ethyl adjacent to an activating group) is 1. The molecule has 2 N–H and O–H groups in total. The number of ether oxygens (including phenoxy) is 1. The van der Waals surface area contributed by atoms with E-state index >= 15 is 0 Å². The minimum atomic E-state index is -0.629. The van der Waals surface area contributed by atoms with Crippen molar-refractivity contribution in [3.8, 4) is 5.75 Å². The van der Waals surface area contributed by atoms with Crippen LogP contribution in [0.3, 0.4) is 0 Å². The van der Waals surface area contributed by atoms with Crippen LogP contribution in [0.1, 0.15) is 34.1 Å². The number of carbonyl (C=O) groups excluding carboxylic acids is 2. The maximum Gasteiger partial charge on any atom is 0.259 e. The van der Waals surface area contributed by atoms with Crippen molar-refractivity contribution in [1.29, 1.82) is 0 Å². The van der Waals surface area contributed by atoms with E-state index in [-0.39, 0.29) is 17.1 Å². The molecule has 1 fully saturated rings. The Morgan fingerprint density at radius 2 is 1.81 bits per heavy atom. The Hall–Kier alpha value is -3.69. The van der Waals surface area contributed by atoms with Gasteiger partial charge in [0.05, 0.1) is 28.4 Å². The van der Waals surface area contributed by atoms with Gasteiger partial charge in [-0.2, -0.15) is 0 Å². The summed E-state index contributed by atoms with van der Waals surface area (Å²) in [6.45, 7) is 6.01. The molecule has 0 atom stereocenters. The van der Waals surface area contributed by atoms with E-state index in [1.54, 1.807) is 12.1 Å². The van der Waals surface area contributed by atoms with Gasteiger partial charge in [-0.1, -0.05) is 11.6 Å². The molecule has 1 aliphatic heterocycles. The zero-order valence-electron chi connectivity index (χ0n) is 20.8. The van der Waals surface area contributed by atoms with Gasteiger partial charge in [0.2, 0.25) is 0 Å². The minimum Gasteiger partial charge on any atom is -0.493 e. The van der Waals surface area contributed by atoms with Gasteiger partial charge in [0.25, 0.3) is 11.8 Å². The third-order valence-corrected chi connectivity index (χ3v) is 6.26. The van der Waals surface area contributed by atoms with Gasteiger partial charge >= 0.3 is 0 Å². The molecule has 10 heteroatoms. The van der Waals surface area contributed by atoms with Crippen molar-refractivity contribution >= 4 is 40.6 Å². The van der Waals surface area contributed by atoms with E-state index in [9.17, 15) is 14.0 Å². The smallest absolute Gasteiger partial charge is 0.259 e. The van der Waals surface area contributed by atoms with Gasteiger partial charge in [0, 0.05) is 37.6 Å². The number of nitrogens with one attached hydrogen (secondary N) is 2. The number of amides is 2. The van der Waals surface area contributed by atoms with Crippen LogP contribution in [0.4, 0.5) is 21.6 Å². The molecule has 0 aliphatic carbocycles. The molecule has 1 saturated heterocycles. The molecule has 0 unspecified atom stereocenters. The van der Waals surface area contributed by atoms with E-state index in [1.165, 1.54) is 24.4 Å². The number of anilines is 3. The average Bonchev–Trinajstić information content (AvgIpc) is 3.11. The lowest BCUT2D eigenvalue weighted by molar-refractivity contribution is 0.102. The van der Waals surface area contributed by atoms with Crippen molar-refractivity contribution in [3.63, 3.8) is 0 Å². The maximum atomic E-state index is 14.0. The summed E-state index contributed by atoms with van der Waals surface area (Å²) in [7, 11) is 2.11. The number of rotatable bonds is 7. The molecule has 0 radical (unpaired) electrons. The van der Waals surface area contributed by atoms with E-state index in [0.29, 0.717) is 22.9 Å². The first-order valence-electron chi connectivity index (χ1n) is 12.1. The zero-order valence-corrected chi connectivity index (χ0v) is 21.5. The molecule has 2 heterocycles. The number of benzene rings is 2. The number of carbonyl (C=O) groups is 2. The van der Waals surface area contributed by atoms with Gasteiger partial charge < -0.3 is 25.2 Å². The van der Waals surface area contributed by atoms with Gasteiger partial charge in [-0.05, 0) is 69.4 Å². The van der Waals surface area contributed by atoms with Crippen molar-refractivity contribution in [1.82, 2.24) is 9.88 Å². The molecule has 0 spiro atoms. The summed E-state index contributed by atoms with van der Waals surface area (Å²) in [5, 5.41) is 5.74. The fourth-order valence-electron chi connectivity index (χ4n) is 4.11. The summed E-state index contributed by atoms with van der Waals surface area (Å²) in [4.78, 5) is 34.8. The normalized spacial score (nSPS) is 14.1. The second kappa shape index (κ2) is 12.0. The Labute approximate surface area is 220 Å². The third kappa shape index (κ3) is 6.75. The summed E-state index contributed by atoms with van der Waals surface area (Å²) >= 11 is 5.84. The first-order valence-corrected chi connectivity index (χ1v) is 12.5. The highest BCUT2D eigenvalue weighted by Crippen LogP contribution is 2.28. The monoisotopic (exact) mass is 525 g/mol. The molecule has 1 aliphatic rings. The van der Waals surface area contributed by atoms with Crippen LogP contribution in [-0.2, 0) is 0 Å². The van der Waals surface area contributed by atoms with Crippen molar-refractivity contribution in [2.45, 2.75) is 13.3 Å². The lowest BCUT2D eigenvalue weighted by Gasteiger charge is -2.24. The Bertz CT molecular complexity index is 1270. The molecule has 8 nitrogen and oxygen atoms in total. The second-order valence-electron chi connectivity index (χ2n) is 8.72. The van der Waals surface area contributed by atoms with Gasteiger partial charge in [0.15, 0.2) is 0 Å². The van der Waals surface area contributed by atoms with E-state index in [0.717, 1.165) is 44.4 Å². The summed E-state index contributed by atoms with van der Waals surface area (Å²) in [5.41, 5.74) is 1.40. The molecule has 0 saturated carbocycles. The Morgan fingerprint density at radius 1 is 1.00 bits per heavy atom. The van der Waals surface area contributed by atoms with E-state index in [1.807, 2.05) is 19.1 Å². The molecule has 194 valence electrons. The molecule has 37 heavy (non-hydrogen) atoms. The summed E-state index contributed by atoms with van der Waals surface area (Å²) in [5.74, 6) is -1.04. The van der Waals surface area contributed by atoms with Crippen LogP contribution >= 0.6 is 11.6 Å². The average molecular weight is 526 g/mol. The molecule has 1 aromatic heterocycles. The SMILES string of the molecule is CCOc1cc(N2CCCN(C)CC2)ccc1C(=O)Nc1ccc(F)cc1C(=O)Nc1ccc(Cl)cn1. The van der Waals surface area contributed by atoms with Gasteiger partial charge in [-0.3, -0.25) is 9.59 Å². The first-order chi connectivity index (χ1) is 17.8. The molecule has 2 aromatic carbocycles. The number of hydrogen-bond acceptors (Lipinski definition) is 6. The Kier molecular flexibility index (Phi) is 8.58. The van der Waals surface area contributed by atoms with Crippen LogP contribution in [0.25, 0.3) is 0 Å². The van der Waals surface area contributed by atoms with Gasteiger partial charge in [0.1, 0.15) is 17.4 Å². The van der Waals surface area contributed by atoms with Crippen LogP contribution in [0, 0.1) is 5.82 Å². The van der Waals surface area contributed by atoms with Crippen LogP contribution in [-0.4, -0.2) is 61.5 Å². The quantitative estimate of drug-likeness (QED) is 0.455. The molecule has 2 amide bonds. The molecule has 4 rings (SSSR count). The van der Waals surface area contributed by atoms with Crippen LogP contribution in [0.5, 0.6) is 5.75 Å². The highest BCUT2D eigenvalue weighted by molar-refractivity contribution is 6.30. The van der Waals surface area contributed by atoms with E-state index < -0.39 is 17.6 Å². The summed E-state index contributed by atoms with van der Waals surface area (Å²) in [6, 6.07) is 12.2. The lowest BCUT2D eigenvalue weighted by Crippen LogP contribution is -2.28. The Morgan fingerprint density at radius 3 is 2.57 bits per heavy atom. The van der Waals surface area contributed by atoms with Crippen LogP contribution in [0.15, 0.2) is 54.7 Å². The highest BCUT2D eigenvalue weighted by atomic mass is 35.5. The van der Waals surface area contributed by atoms with Crippen molar-refractivity contribution < 1.29 is 18.7 Å². The number of hydrogen-bond donors (Lipinski definition) is 2. The first kappa shape index (κ1) is 26.4. The van der Waals surface area contributed by atoms with Crippen molar-refractivity contribution in [3.05, 3.63) is 76.7 Å². The lowest BCUT2D eigenvalue weighted by atomic mass is 10.1. The third-order valence-electron chi connectivity index (χ3n) is 6.04. The van der Waals surface area contributed by atoms with Crippen LogP contribution < -0.4 is 20.3 Å². The standard InChI is InChI=1S/C27H29ClFN5O3/c1-3-37-24-16-20(34-12-4-11-33(2)13-14-34)7-8-21(24)26(35)31-23-9-6-19(29)15-22(23)27(36)32-25-10-5-18(28)17-30-25/h5-10,15-17H,3-4,11-14H2,1-2H3,(H,31,35)(H,30,32,36). The largest absolute Gasteiger partial charge is 0.493 e. The second-order valence-corrected chi connectivity index (χ2v) is 9.15. The zero-order chi connectivity index (χ0) is 26.4. The number of nitrogens with zero attached hydrogens (tertiary/aromatic N) is 3. The van der Waals surface area contributed by atoms with Crippen molar-refractivity contribution in [2.24, 2.45) is 0 Å². The fraction of sp³-hybridized carbons (Fsp3) is 0.296. The molecular formula is C27H29ClFN5O3. The van der Waals surface area contributed by atoms with Crippen LogP contribution in [0.2, 0.25) is 5.02 Å². The number of aromatic nitrogens is 1.